The average Bonchev–Trinajstić information content (AvgIpc) is 2.93. The van der Waals surface area contributed by atoms with Crippen molar-refractivity contribution in [1.82, 2.24) is 9.78 Å². The number of nitrogens with zero attached hydrogens (tertiary/aromatic N) is 3. The summed E-state index contributed by atoms with van der Waals surface area (Å²) in [7, 11) is -3.32. The fraction of sp³-hybridized carbons (Fsp3) is 0.476. The van der Waals surface area contributed by atoms with Crippen molar-refractivity contribution in [2.45, 2.75) is 51.5 Å². The summed E-state index contributed by atoms with van der Waals surface area (Å²) < 4.78 is 27.3. The Balaban J connectivity index is 1.49. The van der Waals surface area contributed by atoms with Crippen LogP contribution in [0.3, 0.4) is 0 Å². The van der Waals surface area contributed by atoms with Gasteiger partial charge in [0.2, 0.25) is 15.9 Å². The first kappa shape index (κ1) is 20.6. The maximum absolute atomic E-state index is 12.5. The highest BCUT2D eigenvalue weighted by molar-refractivity contribution is 7.92. The quantitative estimate of drug-likeness (QED) is 0.749. The monoisotopic (exact) mass is 430 g/mol. The van der Waals surface area contributed by atoms with E-state index in [2.05, 4.69) is 10.4 Å². The van der Waals surface area contributed by atoms with Crippen molar-refractivity contribution in [3.8, 4) is 0 Å². The van der Waals surface area contributed by atoms with Crippen LogP contribution >= 0.6 is 0 Å². The highest BCUT2D eigenvalue weighted by Gasteiger charge is 2.26. The van der Waals surface area contributed by atoms with Crippen molar-refractivity contribution >= 4 is 27.3 Å². The van der Waals surface area contributed by atoms with Crippen molar-refractivity contribution in [2.24, 2.45) is 0 Å². The van der Waals surface area contributed by atoms with E-state index in [4.69, 9.17) is 0 Å². The van der Waals surface area contributed by atoms with Gasteiger partial charge in [-0.3, -0.25) is 13.9 Å². The molecule has 0 saturated carbocycles. The number of aryl methyl sites for hydroxylation is 2. The topological polar surface area (TPSA) is 101 Å². The van der Waals surface area contributed by atoms with Crippen molar-refractivity contribution in [3.63, 3.8) is 0 Å². The fourth-order valence-electron chi connectivity index (χ4n) is 4.05. The van der Waals surface area contributed by atoms with E-state index < -0.39 is 10.0 Å². The van der Waals surface area contributed by atoms with Crippen LogP contribution in [0.2, 0.25) is 0 Å². The molecule has 2 aliphatic rings. The molecule has 0 spiro atoms. The molecule has 1 amide bonds. The normalized spacial score (nSPS) is 18.3. The summed E-state index contributed by atoms with van der Waals surface area (Å²) in [6.45, 7) is 0.256. The van der Waals surface area contributed by atoms with E-state index in [9.17, 15) is 18.0 Å². The molecule has 9 heteroatoms. The van der Waals surface area contributed by atoms with Gasteiger partial charge in [0.1, 0.15) is 6.54 Å². The number of fused-ring (bicyclic) bond motifs is 1. The number of carbonyl (C=O) groups excluding carboxylic acids is 1. The number of amides is 1. The number of hydrogen-bond acceptors (Lipinski definition) is 5. The van der Waals surface area contributed by atoms with Gasteiger partial charge in [-0.15, -0.1) is 0 Å². The van der Waals surface area contributed by atoms with Crippen LogP contribution in [0.5, 0.6) is 0 Å². The van der Waals surface area contributed by atoms with Crippen molar-refractivity contribution in [2.75, 3.05) is 21.9 Å². The smallest absolute Gasteiger partial charge is 0.267 e. The Hall–Kier alpha value is -2.68. The van der Waals surface area contributed by atoms with Gasteiger partial charge in [0, 0.05) is 18.3 Å². The lowest BCUT2D eigenvalue weighted by Crippen LogP contribution is -2.37. The lowest BCUT2D eigenvalue weighted by Gasteiger charge is -2.28. The molecule has 2 aromatic rings. The number of hydrogen-bond donors (Lipinski definition) is 1. The average molecular weight is 431 g/mol. The van der Waals surface area contributed by atoms with Crippen LogP contribution in [0.15, 0.2) is 35.1 Å². The largest absolute Gasteiger partial charge is 0.324 e. The zero-order valence-electron chi connectivity index (χ0n) is 16.8. The summed E-state index contributed by atoms with van der Waals surface area (Å²) in [6.07, 6.45) is 6.37. The molecule has 1 aliphatic heterocycles. The van der Waals surface area contributed by atoms with Gasteiger partial charge in [-0.25, -0.2) is 13.1 Å². The van der Waals surface area contributed by atoms with Crippen LogP contribution < -0.4 is 15.2 Å². The molecule has 1 aliphatic carbocycles. The van der Waals surface area contributed by atoms with Gasteiger partial charge in [0.25, 0.3) is 5.56 Å². The number of sulfonamides is 1. The zero-order chi connectivity index (χ0) is 21.1. The van der Waals surface area contributed by atoms with Gasteiger partial charge in [-0.1, -0.05) is 12.5 Å². The number of aromatic nitrogens is 2. The summed E-state index contributed by atoms with van der Waals surface area (Å²) in [6, 6.07) is 8.38. The van der Waals surface area contributed by atoms with E-state index in [0.717, 1.165) is 49.8 Å². The number of anilines is 2. The first-order chi connectivity index (χ1) is 14.4. The number of benzene rings is 1. The molecule has 0 atom stereocenters. The molecule has 1 fully saturated rings. The van der Waals surface area contributed by atoms with E-state index >= 15 is 0 Å². The minimum Gasteiger partial charge on any atom is -0.324 e. The zero-order valence-corrected chi connectivity index (χ0v) is 17.7. The maximum Gasteiger partial charge on any atom is 0.267 e. The highest BCUT2D eigenvalue weighted by atomic mass is 32.2. The third kappa shape index (κ3) is 4.56. The predicted octanol–water partition coefficient (Wildman–Crippen LogP) is 2.08. The van der Waals surface area contributed by atoms with Crippen molar-refractivity contribution < 1.29 is 13.2 Å². The van der Waals surface area contributed by atoms with E-state index in [1.165, 1.54) is 8.99 Å². The molecule has 4 rings (SSSR count). The van der Waals surface area contributed by atoms with E-state index in [1.807, 2.05) is 0 Å². The van der Waals surface area contributed by atoms with Crippen LogP contribution in [-0.2, 0) is 34.2 Å². The highest BCUT2D eigenvalue weighted by Crippen LogP contribution is 2.26. The second kappa shape index (κ2) is 8.59. The number of carbonyl (C=O) groups is 1. The Morgan fingerprint density at radius 2 is 1.90 bits per heavy atom. The molecule has 0 unspecified atom stereocenters. The van der Waals surface area contributed by atoms with E-state index in [0.29, 0.717) is 24.3 Å². The van der Waals surface area contributed by atoms with Gasteiger partial charge >= 0.3 is 0 Å². The Kier molecular flexibility index (Phi) is 5.90. The lowest BCUT2D eigenvalue weighted by atomic mass is 10.1. The molecule has 0 radical (unpaired) electrons. The summed E-state index contributed by atoms with van der Waals surface area (Å²) in [5.74, 6) is -0.243. The number of nitrogens with one attached hydrogen (secondary N) is 1. The SMILES string of the molecule is O=C(Cn1nc2c(cc1=O)CCCCC2)Nc1cccc(N2CCCCS2(=O)=O)c1. The lowest BCUT2D eigenvalue weighted by molar-refractivity contribution is -0.117. The summed E-state index contributed by atoms with van der Waals surface area (Å²) in [5.41, 5.74) is 2.63. The Morgan fingerprint density at radius 1 is 1.07 bits per heavy atom. The third-order valence-corrected chi connectivity index (χ3v) is 7.45. The molecule has 1 N–H and O–H groups in total. The van der Waals surface area contributed by atoms with Crippen LogP contribution in [-0.4, -0.2) is 36.4 Å². The fourth-order valence-corrected chi connectivity index (χ4v) is 5.68. The first-order valence-electron chi connectivity index (χ1n) is 10.4. The second-order valence-electron chi connectivity index (χ2n) is 7.87. The van der Waals surface area contributed by atoms with Crippen molar-refractivity contribution in [3.05, 3.63) is 51.9 Å². The molecule has 1 aromatic carbocycles. The molecule has 8 nitrogen and oxygen atoms in total. The predicted molar refractivity (Wildman–Crippen MR) is 115 cm³/mol. The maximum atomic E-state index is 12.5. The molecule has 1 saturated heterocycles. The Labute approximate surface area is 176 Å². The molecular weight excluding hydrogens is 404 g/mol. The summed E-state index contributed by atoms with van der Waals surface area (Å²) >= 11 is 0. The molecule has 1 aromatic heterocycles. The number of rotatable bonds is 4. The second-order valence-corrected chi connectivity index (χ2v) is 9.88. The molecule has 0 bridgehead atoms. The van der Waals surface area contributed by atoms with Crippen LogP contribution in [0.4, 0.5) is 11.4 Å². The van der Waals surface area contributed by atoms with Gasteiger partial charge < -0.3 is 5.32 Å². The Bertz CT molecular complexity index is 1110. The van der Waals surface area contributed by atoms with Gasteiger partial charge in [-0.2, -0.15) is 5.10 Å². The van der Waals surface area contributed by atoms with Crippen LogP contribution in [0, 0.1) is 0 Å². The van der Waals surface area contributed by atoms with Crippen LogP contribution in [0.25, 0.3) is 0 Å². The van der Waals surface area contributed by atoms with Crippen LogP contribution in [0.1, 0.15) is 43.4 Å². The summed E-state index contributed by atoms with van der Waals surface area (Å²) in [4.78, 5) is 24.9. The third-order valence-electron chi connectivity index (χ3n) is 5.58. The van der Waals surface area contributed by atoms with Crippen molar-refractivity contribution in [1.29, 1.82) is 0 Å². The van der Waals surface area contributed by atoms with E-state index in [-0.39, 0.29) is 23.8 Å². The molecule has 2 heterocycles. The summed E-state index contributed by atoms with van der Waals surface area (Å²) in [5, 5.41) is 7.18. The van der Waals surface area contributed by atoms with Gasteiger partial charge in [-0.05, 0) is 62.3 Å². The van der Waals surface area contributed by atoms with E-state index in [1.54, 1.807) is 30.3 Å². The Morgan fingerprint density at radius 3 is 2.73 bits per heavy atom. The molecule has 160 valence electrons. The molecule has 30 heavy (non-hydrogen) atoms. The minimum atomic E-state index is -3.32. The van der Waals surface area contributed by atoms with Gasteiger partial charge in [0.15, 0.2) is 0 Å². The van der Waals surface area contributed by atoms with Gasteiger partial charge in [0.05, 0.1) is 17.1 Å². The molecular formula is C21H26N4O4S. The first-order valence-corrected chi connectivity index (χ1v) is 12.0. The standard InChI is InChI=1S/C21H26N4O4S/c26-20(15-24-21(27)13-16-7-2-1-3-10-19(16)23-24)22-17-8-6-9-18(14-17)25-11-4-5-12-30(25,28)29/h6,8-9,13-14H,1-5,7,10-12,15H2,(H,22,26). The minimum absolute atomic E-state index is 0.135.